The van der Waals surface area contributed by atoms with E-state index >= 15 is 0 Å². The summed E-state index contributed by atoms with van der Waals surface area (Å²) in [4.78, 5) is 99.0. The van der Waals surface area contributed by atoms with Crippen LogP contribution in [0.1, 0.15) is 118 Å². The van der Waals surface area contributed by atoms with Gasteiger partial charge >= 0.3 is 0 Å². The standard InChI is InChI=1S/C45H84N10O13/c1-6-26(2)23-27(3)13-11-9-7-8-10-12-14-35(62)49-29-24-34(61)39(48-20-19-47)53-43(66)38-33(60)16-21-55(38)45(68)37(32(59)15-18-46)52-41(64)30(25-57)50-42(65)31(17-22-56)54(5)44(67)36(28(4)58)51-40(29)63/h26-34,36-39,48,56-61H,6-25,46-47H2,1-5H3,(H,49,62)(H,50,65)(H,51,63)(H,52,64)(H,53,66). The third-order valence-electron chi connectivity index (χ3n) is 12.9. The van der Waals surface area contributed by atoms with E-state index in [9.17, 15) is 64.2 Å². The van der Waals surface area contributed by atoms with E-state index in [0.29, 0.717) is 18.3 Å². The molecule has 2 rings (SSSR count). The van der Waals surface area contributed by atoms with Crippen LogP contribution < -0.4 is 43.4 Å². The Labute approximate surface area is 400 Å². The Morgan fingerprint density at radius 3 is 2.03 bits per heavy atom. The van der Waals surface area contributed by atoms with E-state index in [0.717, 1.165) is 55.4 Å². The molecule has 2 heterocycles. The maximum Gasteiger partial charge on any atom is 0.248 e. The number of aliphatic hydroxyl groups excluding tert-OH is 6. The predicted molar refractivity (Wildman–Crippen MR) is 250 cm³/mol. The van der Waals surface area contributed by atoms with Gasteiger partial charge in [-0.05, 0) is 57.4 Å². The first-order chi connectivity index (χ1) is 32.3. The molecule has 7 amide bonds. The summed E-state index contributed by atoms with van der Waals surface area (Å²) in [6.45, 7) is 5.82. The molecule has 2 saturated heterocycles. The fourth-order valence-corrected chi connectivity index (χ4v) is 8.63. The Balaban J connectivity index is 2.54. The summed E-state index contributed by atoms with van der Waals surface area (Å²) in [5.41, 5.74) is 11.4. The quantitative estimate of drug-likeness (QED) is 0.0436. The predicted octanol–water partition coefficient (Wildman–Crippen LogP) is -3.87. The van der Waals surface area contributed by atoms with Gasteiger partial charge in [0.2, 0.25) is 41.4 Å². The summed E-state index contributed by atoms with van der Waals surface area (Å²) in [6.07, 6.45) is -0.429. The van der Waals surface area contributed by atoms with Crippen molar-refractivity contribution in [2.45, 2.75) is 184 Å². The molecule has 392 valence electrons. The van der Waals surface area contributed by atoms with Gasteiger partial charge in [0, 0.05) is 46.1 Å². The van der Waals surface area contributed by atoms with Gasteiger partial charge in [-0.2, -0.15) is 0 Å². The number of hydrogen-bond donors (Lipinski definition) is 14. The van der Waals surface area contributed by atoms with Crippen LogP contribution in [0.15, 0.2) is 0 Å². The van der Waals surface area contributed by atoms with E-state index in [4.69, 9.17) is 11.5 Å². The van der Waals surface area contributed by atoms with Crippen molar-refractivity contribution in [1.29, 1.82) is 0 Å². The Kier molecular flexibility index (Phi) is 27.6. The second-order valence-corrected chi connectivity index (χ2v) is 18.6. The molecule has 0 aromatic rings. The molecule has 0 aliphatic carbocycles. The van der Waals surface area contributed by atoms with E-state index in [1.165, 1.54) is 19.8 Å². The van der Waals surface area contributed by atoms with E-state index < -0.39 is 134 Å². The topological polar surface area (TPSA) is 372 Å². The summed E-state index contributed by atoms with van der Waals surface area (Å²) in [7, 11) is 1.14. The number of likely N-dealkylation sites (N-methyl/N-ethyl adjacent to an activating group) is 1. The van der Waals surface area contributed by atoms with Gasteiger partial charge in [0.05, 0.1) is 31.0 Å². The van der Waals surface area contributed by atoms with Gasteiger partial charge in [-0.1, -0.05) is 65.7 Å². The van der Waals surface area contributed by atoms with Crippen molar-refractivity contribution in [2.24, 2.45) is 23.3 Å². The number of nitrogens with one attached hydrogen (secondary N) is 6. The highest BCUT2D eigenvalue weighted by Crippen LogP contribution is 2.23. The van der Waals surface area contributed by atoms with Crippen molar-refractivity contribution in [3.8, 4) is 0 Å². The SMILES string of the molecule is CCC(C)CC(C)CCCCCCCCC(=O)NC1CC(O)C(NCCN)NC(=O)C2C(O)CCN2C(=O)C(C(O)CCN)NC(=O)C(CO)NC(=O)C(CCO)N(C)C(=O)C(C(C)O)NC1=O. The molecular formula is C45H84N10O13. The molecule has 2 aliphatic heterocycles. The Bertz CT molecular complexity index is 1600. The minimum atomic E-state index is -1.83. The molecular weight excluding hydrogens is 889 g/mol. The van der Waals surface area contributed by atoms with Crippen LogP contribution in [-0.4, -0.2) is 195 Å². The first-order valence-electron chi connectivity index (χ1n) is 24.4. The number of carbonyl (C=O) groups is 7. The molecule has 0 aromatic heterocycles. The minimum Gasteiger partial charge on any atom is -0.396 e. The molecule has 13 atom stereocenters. The second-order valence-electron chi connectivity index (χ2n) is 18.6. The molecule has 16 N–H and O–H groups in total. The Morgan fingerprint density at radius 1 is 0.779 bits per heavy atom. The zero-order chi connectivity index (χ0) is 51.1. The van der Waals surface area contributed by atoms with Crippen LogP contribution >= 0.6 is 0 Å². The Morgan fingerprint density at radius 2 is 1.43 bits per heavy atom. The average Bonchev–Trinajstić information content (AvgIpc) is 3.69. The molecule has 2 fully saturated rings. The van der Waals surface area contributed by atoms with Crippen LogP contribution in [0, 0.1) is 11.8 Å². The average molecular weight is 973 g/mol. The van der Waals surface area contributed by atoms with Crippen molar-refractivity contribution in [1.82, 2.24) is 41.7 Å². The third kappa shape index (κ3) is 19.0. The van der Waals surface area contributed by atoms with Gasteiger partial charge in [0.25, 0.3) is 0 Å². The zero-order valence-electron chi connectivity index (χ0n) is 40.7. The number of unbranched alkanes of at least 4 members (excludes halogenated alkanes) is 5. The summed E-state index contributed by atoms with van der Waals surface area (Å²) in [5, 5.41) is 79.8. The third-order valence-corrected chi connectivity index (χ3v) is 12.9. The number of carbonyl (C=O) groups excluding carboxylic acids is 7. The maximum atomic E-state index is 14.2. The molecule has 2 aliphatic rings. The smallest absolute Gasteiger partial charge is 0.248 e. The van der Waals surface area contributed by atoms with Crippen molar-refractivity contribution in [3.05, 3.63) is 0 Å². The summed E-state index contributed by atoms with van der Waals surface area (Å²) in [5.74, 6) is -5.56. The van der Waals surface area contributed by atoms with E-state index in [-0.39, 0.29) is 45.4 Å². The number of nitrogens with two attached hydrogens (primary N) is 2. The normalized spacial score (nSPS) is 28.0. The van der Waals surface area contributed by atoms with E-state index in [2.05, 4.69) is 52.7 Å². The van der Waals surface area contributed by atoms with Gasteiger partial charge in [0.15, 0.2) is 0 Å². The van der Waals surface area contributed by atoms with Crippen LogP contribution in [-0.2, 0) is 33.6 Å². The van der Waals surface area contributed by atoms with Crippen LogP contribution in [0.5, 0.6) is 0 Å². The fourth-order valence-electron chi connectivity index (χ4n) is 8.63. The lowest BCUT2D eigenvalue weighted by molar-refractivity contribution is -0.147. The second kappa shape index (κ2) is 31.2. The number of fused-ring (bicyclic) bond motifs is 1. The Hall–Kier alpha value is -4.07. The maximum absolute atomic E-state index is 14.2. The number of rotatable bonds is 23. The highest BCUT2D eigenvalue weighted by atomic mass is 16.3. The van der Waals surface area contributed by atoms with Crippen LogP contribution in [0.4, 0.5) is 0 Å². The highest BCUT2D eigenvalue weighted by Gasteiger charge is 2.46. The summed E-state index contributed by atoms with van der Waals surface area (Å²) < 4.78 is 0. The largest absolute Gasteiger partial charge is 0.396 e. The molecule has 0 saturated carbocycles. The zero-order valence-corrected chi connectivity index (χ0v) is 40.7. The monoisotopic (exact) mass is 973 g/mol. The van der Waals surface area contributed by atoms with Crippen LogP contribution in [0.3, 0.4) is 0 Å². The molecule has 0 spiro atoms. The first-order valence-corrected chi connectivity index (χ1v) is 24.4. The van der Waals surface area contributed by atoms with Crippen LogP contribution in [0.2, 0.25) is 0 Å². The fraction of sp³-hybridized carbons (Fsp3) is 0.844. The molecule has 13 unspecified atom stereocenters. The highest BCUT2D eigenvalue weighted by molar-refractivity contribution is 5.97. The van der Waals surface area contributed by atoms with Gasteiger partial charge in [-0.25, -0.2) is 0 Å². The number of hydrogen-bond acceptors (Lipinski definition) is 16. The molecule has 0 bridgehead atoms. The molecule has 0 aromatic carbocycles. The van der Waals surface area contributed by atoms with E-state index in [1.54, 1.807) is 0 Å². The molecule has 23 nitrogen and oxygen atoms in total. The van der Waals surface area contributed by atoms with Crippen molar-refractivity contribution < 1.29 is 64.2 Å². The van der Waals surface area contributed by atoms with E-state index in [1.807, 2.05) is 0 Å². The van der Waals surface area contributed by atoms with Crippen molar-refractivity contribution in [3.63, 3.8) is 0 Å². The molecule has 23 heteroatoms. The number of nitrogens with zero attached hydrogens (tertiary/aromatic N) is 2. The van der Waals surface area contributed by atoms with Gasteiger partial charge in [0.1, 0.15) is 42.4 Å². The lowest BCUT2D eigenvalue weighted by Gasteiger charge is -2.34. The summed E-state index contributed by atoms with van der Waals surface area (Å²) in [6, 6.07) is -10.2. The van der Waals surface area contributed by atoms with Gasteiger partial charge in [-0.3, -0.25) is 38.9 Å². The van der Waals surface area contributed by atoms with Crippen molar-refractivity contribution in [2.75, 3.05) is 46.4 Å². The van der Waals surface area contributed by atoms with Gasteiger partial charge < -0.3 is 78.5 Å². The number of aliphatic hydroxyl groups is 6. The van der Waals surface area contributed by atoms with Gasteiger partial charge in [-0.15, -0.1) is 0 Å². The summed E-state index contributed by atoms with van der Waals surface area (Å²) >= 11 is 0. The number of amides is 7. The first kappa shape index (κ1) is 60.1. The molecule has 68 heavy (non-hydrogen) atoms. The minimum absolute atomic E-state index is 0.00331. The lowest BCUT2D eigenvalue weighted by Crippen LogP contribution is -2.64. The molecule has 0 radical (unpaired) electrons. The lowest BCUT2D eigenvalue weighted by atomic mass is 9.91. The van der Waals surface area contributed by atoms with Crippen LogP contribution in [0.25, 0.3) is 0 Å². The van der Waals surface area contributed by atoms with Crippen molar-refractivity contribution >= 4 is 41.4 Å².